The van der Waals surface area contributed by atoms with Gasteiger partial charge in [0.05, 0.1) is 17.3 Å². The van der Waals surface area contributed by atoms with Crippen LogP contribution in [0.1, 0.15) is 40.2 Å². The minimum Gasteiger partial charge on any atom is -0.485 e. The molecule has 8 nitrogen and oxygen atoms in total. The quantitative estimate of drug-likeness (QED) is 0.588. The summed E-state index contributed by atoms with van der Waals surface area (Å²) in [5, 5.41) is 12.1. The maximum absolute atomic E-state index is 14.0. The highest BCUT2D eigenvalue weighted by Gasteiger charge is 2.29. The molecule has 0 radical (unpaired) electrons. The fourth-order valence-corrected chi connectivity index (χ4v) is 4.15. The zero-order valence-corrected chi connectivity index (χ0v) is 18.3. The molecule has 174 valence electrons. The number of carboxylic acid groups (broad SMARTS) is 1. The lowest BCUT2D eigenvalue weighted by molar-refractivity contribution is 0.0927. The van der Waals surface area contributed by atoms with Crippen LogP contribution in [-0.4, -0.2) is 50.5 Å². The fourth-order valence-electron chi connectivity index (χ4n) is 4.15. The molecule has 10 heteroatoms. The Kier molecular flexibility index (Phi) is 6.17. The molecule has 33 heavy (non-hydrogen) atoms. The molecule has 2 aromatic heterocycles. The van der Waals surface area contributed by atoms with Gasteiger partial charge >= 0.3 is 6.09 Å². The maximum atomic E-state index is 14.0. The van der Waals surface area contributed by atoms with Crippen LogP contribution in [0.4, 0.5) is 13.6 Å². The molecule has 1 fully saturated rings. The summed E-state index contributed by atoms with van der Waals surface area (Å²) in [6.45, 7) is 3.79. The van der Waals surface area contributed by atoms with Crippen molar-refractivity contribution in [3.8, 4) is 5.75 Å². The van der Waals surface area contributed by atoms with E-state index in [1.165, 1.54) is 11.0 Å². The van der Waals surface area contributed by atoms with Crippen molar-refractivity contribution in [1.29, 1.82) is 0 Å². The van der Waals surface area contributed by atoms with E-state index < -0.39 is 23.6 Å². The molecule has 3 aromatic rings. The number of hydrogen-bond donors (Lipinski definition) is 2. The highest BCUT2D eigenvalue weighted by atomic mass is 19.1. The summed E-state index contributed by atoms with van der Waals surface area (Å²) in [5.41, 5.74) is 1.63. The second-order valence-electron chi connectivity index (χ2n) is 8.09. The minimum atomic E-state index is -0.999. The number of halogens is 2. The Labute approximate surface area is 188 Å². The molecular weight excluding hydrogens is 434 g/mol. The van der Waals surface area contributed by atoms with Gasteiger partial charge in [-0.3, -0.25) is 9.20 Å². The number of pyridine rings is 1. The highest BCUT2D eigenvalue weighted by molar-refractivity contribution is 5.95. The number of hydrogen-bond acceptors (Lipinski definition) is 4. The molecule has 0 saturated carbocycles. The van der Waals surface area contributed by atoms with Crippen LogP contribution in [0.25, 0.3) is 5.65 Å². The Morgan fingerprint density at radius 1 is 1.27 bits per heavy atom. The first-order valence-electron chi connectivity index (χ1n) is 10.6. The van der Waals surface area contributed by atoms with Gasteiger partial charge in [0, 0.05) is 19.3 Å². The summed E-state index contributed by atoms with van der Waals surface area (Å²) in [6, 6.07) is 5.01. The van der Waals surface area contributed by atoms with E-state index in [-0.39, 0.29) is 36.2 Å². The van der Waals surface area contributed by atoms with E-state index in [0.717, 1.165) is 24.1 Å². The van der Waals surface area contributed by atoms with Gasteiger partial charge in [-0.05, 0) is 50.5 Å². The predicted octanol–water partition coefficient (Wildman–Crippen LogP) is 3.68. The molecule has 0 aliphatic carbocycles. The molecule has 0 bridgehead atoms. The molecule has 2 N–H and O–H groups in total. The minimum absolute atomic E-state index is 0.194. The third-order valence-electron chi connectivity index (χ3n) is 5.77. The van der Waals surface area contributed by atoms with Crippen LogP contribution in [0.15, 0.2) is 30.5 Å². The van der Waals surface area contributed by atoms with Gasteiger partial charge in [0.2, 0.25) is 0 Å². The molecule has 2 amide bonds. The average molecular weight is 458 g/mol. The third kappa shape index (κ3) is 4.46. The van der Waals surface area contributed by atoms with Gasteiger partial charge in [0.1, 0.15) is 23.9 Å². The zero-order chi connectivity index (χ0) is 23.7. The zero-order valence-electron chi connectivity index (χ0n) is 18.3. The molecule has 1 aromatic carbocycles. The van der Waals surface area contributed by atoms with Gasteiger partial charge in [-0.1, -0.05) is 6.07 Å². The number of aryl methyl sites for hydroxylation is 2. The maximum Gasteiger partial charge on any atom is 0.407 e. The number of carbonyl (C=O) groups excluding carboxylic acids is 1. The van der Waals surface area contributed by atoms with Crippen molar-refractivity contribution in [2.75, 3.05) is 13.1 Å². The second kappa shape index (κ2) is 9.05. The van der Waals surface area contributed by atoms with Gasteiger partial charge in [-0.25, -0.2) is 18.6 Å². The predicted molar refractivity (Wildman–Crippen MR) is 115 cm³/mol. The molecular formula is C23H24F2N4O4. The van der Waals surface area contributed by atoms with E-state index in [4.69, 9.17) is 4.74 Å². The van der Waals surface area contributed by atoms with Crippen molar-refractivity contribution in [3.63, 3.8) is 0 Å². The lowest BCUT2D eigenvalue weighted by atomic mass is 10.2. The number of imidazole rings is 1. The summed E-state index contributed by atoms with van der Waals surface area (Å²) < 4.78 is 35.2. The summed E-state index contributed by atoms with van der Waals surface area (Å²) >= 11 is 0. The van der Waals surface area contributed by atoms with Crippen LogP contribution >= 0.6 is 0 Å². The monoisotopic (exact) mass is 458 g/mol. The van der Waals surface area contributed by atoms with Gasteiger partial charge in [-0.2, -0.15) is 0 Å². The van der Waals surface area contributed by atoms with Crippen molar-refractivity contribution >= 4 is 17.6 Å². The Bertz CT molecular complexity index is 1210. The van der Waals surface area contributed by atoms with Gasteiger partial charge < -0.3 is 20.1 Å². The van der Waals surface area contributed by atoms with Crippen molar-refractivity contribution in [2.24, 2.45) is 0 Å². The Morgan fingerprint density at radius 3 is 2.70 bits per heavy atom. The van der Waals surface area contributed by atoms with Crippen LogP contribution in [0.5, 0.6) is 5.75 Å². The van der Waals surface area contributed by atoms with E-state index in [1.807, 2.05) is 0 Å². The lowest BCUT2D eigenvalue weighted by Crippen LogP contribution is -2.42. The normalized spacial score (nSPS) is 15.8. The van der Waals surface area contributed by atoms with E-state index in [9.17, 15) is 23.5 Å². The summed E-state index contributed by atoms with van der Waals surface area (Å²) in [5.74, 6) is -1.53. The van der Waals surface area contributed by atoms with E-state index >= 15 is 0 Å². The molecule has 0 unspecified atom stereocenters. The summed E-state index contributed by atoms with van der Waals surface area (Å²) in [7, 11) is 0. The SMILES string of the molecule is Cc1cc(OCc2c(F)cccc2F)c2nc(C)c(C(=O)NC[C@H]3CCCN3C(=O)O)n2c1. The summed E-state index contributed by atoms with van der Waals surface area (Å²) in [4.78, 5) is 30.1. The number of amides is 2. The van der Waals surface area contributed by atoms with E-state index in [1.54, 1.807) is 30.5 Å². The van der Waals surface area contributed by atoms with E-state index in [2.05, 4.69) is 10.3 Å². The van der Waals surface area contributed by atoms with Crippen molar-refractivity contribution < 1.29 is 28.2 Å². The third-order valence-corrected chi connectivity index (χ3v) is 5.77. The molecule has 1 aliphatic heterocycles. The Morgan fingerprint density at radius 2 is 2.00 bits per heavy atom. The fraction of sp³-hybridized carbons (Fsp3) is 0.348. The first kappa shape index (κ1) is 22.5. The van der Waals surface area contributed by atoms with Crippen LogP contribution in [0, 0.1) is 25.5 Å². The van der Waals surface area contributed by atoms with Gasteiger partial charge in [0.25, 0.3) is 5.91 Å². The Balaban J connectivity index is 1.57. The number of ether oxygens (including phenoxy) is 1. The standard InChI is InChI=1S/C23H24F2N4O4/c1-13-9-19(33-12-16-17(24)6-3-7-18(16)25)21-27-14(2)20(29(21)11-13)22(30)26-10-15-5-4-8-28(15)23(31)32/h3,6-7,9,11,15H,4-5,8,10,12H2,1-2H3,(H,26,30)(H,31,32)/t15-/m1/s1. The number of fused-ring (bicyclic) bond motifs is 1. The molecule has 0 spiro atoms. The van der Waals surface area contributed by atoms with E-state index in [0.29, 0.717) is 24.3 Å². The lowest BCUT2D eigenvalue weighted by Gasteiger charge is -2.21. The molecule has 1 saturated heterocycles. The molecule has 4 rings (SSSR count). The molecule has 1 atom stereocenters. The highest BCUT2D eigenvalue weighted by Crippen LogP contribution is 2.26. The number of likely N-dealkylation sites (tertiary alicyclic amines) is 1. The van der Waals surface area contributed by atoms with Crippen LogP contribution < -0.4 is 10.1 Å². The summed E-state index contributed by atoms with van der Waals surface area (Å²) in [6.07, 6.45) is 2.16. The van der Waals surface area contributed by atoms with Gasteiger partial charge in [0.15, 0.2) is 11.4 Å². The first-order valence-corrected chi connectivity index (χ1v) is 10.6. The smallest absolute Gasteiger partial charge is 0.407 e. The average Bonchev–Trinajstić information content (AvgIpc) is 3.35. The largest absolute Gasteiger partial charge is 0.485 e. The topological polar surface area (TPSA) is 96.2 Å². The van der Waals surface area contributed by atoms with Crippen molar-refractivity contribution in [1.82, 2.24) is 19.6 Å². The number of nitrogens with zero attached hydrogens (tertiary/aromatic N) is 3. The Hall–Kier alpha value is -3.69. The van der Waals surface area contributed by atoms with Crippen LogP contribution in [-0.2, 0) is 6.61 Å². The van der Waals surface area contributed by atoms with Crippen LogP contribution in [0.2, 0.25) is 0 Å². The number of aromatic nitrogens is 2. The number of carbonyl (C=O) groups is 2. The van der Waals surface area contributed by atoms with Crippen molar-refractivity contribution in [3.05, 3.63) is 64.6 Å². The van der Waals surface area contributed by atoms with Crippen LogP contribution in [0.3, 0.4) is 0 Å². The molecule has 3 heterocycles. The van der Waals surface area contributed by atoms with Gasteiger partial charge in [-0.15, -0.1) is 0 Å². The number of rotatable bonds is 6. The second-order valence-corrected chi connectivity index (χ2v) is 8.09. The van der Waals surface area contributed by atoms with Crippen molar-refractivity contribution in [2.45, 2.75) is 39.3 Å². The first-order chi connectivity index (χ1) is 15.8. The number of nitrogens with one attached hydrogen (secondary N) is 1. The number of benzene rings is 1. The molecule has 1 aliphatic rings.